The van der Waals surface area contributed by atoms with Gasteiger partial charge in [0.15, 0.2) is 5.60 Å². The van der Waals surface area contributed by atoms with Crippen molar-refractivity contribution in [3.63, 3.8) is 0 Å². The van der Waals surface area contributed by atoms with E-state index in [0.717, 1.165) is 19.4 Å². The van der Waals surface area contributed by atoms with Crippen molar-refractivity contribution >= 4 is 5.91 Å². The molecule has 2 aliphatic carbocycles. The van der Waals surface area contributed by atoms with Gasteiger partial charge in [-0.3, -0.25) is 4.79 Å². The Balaban J connectivity index is 1.95. The molecule has 0 radical (unpaired) electrons. The van der Waals surface area contributed by atoms with Crippen LogP contribution in [0.3, 0.4) is 0 Å². The highest BCUT2D eigenvalue weighted by Crippen LogP contribution is 2.74. The minimum atomic E-state index is -0.562. The highest BCUT2D eigenvalue weighted by Gasteiger charge is 2.78. The van der Waals surface area contributed by atoms with Crippen molar-refractivity contribution in [1.82, 2.24) is 5.32 Å². The topological polar surface area (TPSA) is 38.3 Å². The van der Waals surface area contributed by atoms with Crippen LogP contribution in [0.25, 0.3) is 0 Å². The molecule has 4 bridgehead atoms. The molecule has 0 aromatic heterocycles. The van der Waals surface area contributed by atoms with Crippen molar-refractivity contribution in [3.8, 4) is 0 Å². The van der Waals surface area contributed by atoms with Gasteiger partial charge in [0, 0.05) is 17.4 Å². The van der Waals surface area contributed by atoms with E-state index in [9.17, 15) is 4.79 Å². The molecule has 3 rings (SSSR count). The van der Waals surface area contributed by atoms with E-state index in [-0.39, 0.29) is 16.7 Å². The predicted molar refractivity (Wildman–Crippen MR) is 65.4 cm³/mol. The van der Waals surface area contributed by atoms with Crippen molar-refractivity contribution < 1.29 is 9.53 Å². The van der Waals surface area contributed by atoms with Crippen LogP contribution < -0.4 is 5.32 Å². The van der Waals surface area contributed by atoms with Crippen LogP contribution in [0.5, 0.6) is 0 Å². The molecule has 1 saturated heterocycles. The van der Waals surface area contributed by atoms with E-state index < -0.39 is 5.60 Å². The number of hydrogen-bond donors (Lipinski definition) is 1. The molecule has 1 aliphatic heterocycles. The number of ether oxygens (including phenoxy) is 1. The summed E-state index contributed by atoms with van der Waals surface area (Å²) in [6, 6.07) is 0. The Bertz CT molecular complexity index is 394. The summed E-state index contributed by atoms with van der Waals surface area (Å²) in [6.07, 6.45) is 5.00. The first kappa shape index (κ1) is 11.3. The zero-order chi connectivity index (χ0) is 12.3. The zero-order valence-corrected chi connectivity index (χ0v) is 10.7. The summed E-state index contributed by atoms with van der Waals surface area (Å²) >= 11 is 0. The van der Waals surface area contributed by atoms with Crippen LogP contribution in [0.1, 0.15) is 33.1 Å². The Morgan fingerprint density at radius 1 is 1.59 bits per heavy atom. The average Bonchev–Trinajstić information content (AvgIpc) is 2.78. The minimum absolute atomic E-state index is 0.0237. The first-order valence-electron chi connectivity index (χ1n) is 6.53. The maximum atomic E-state index is 12.4. The van der Waals surface area contributed by atoms with Gasteiger partial charge in [0.25, 0.3) is 5.91 Å². The Morgan fingerprint density at radius 2 is 2.35 bits per heavy atom. The Morgan fingerprint density at radius 3 is 2.94 bits per heavy atom. The Kier molecular flexibility index (Phi) is 2.08. The van der Waals surface area contributed by atoms with Gasteiger partial charge < -0.3 is 10.1 Å². The molecule has 1 heterocycles. The Labute approximate surface area is 103 Å². The highest BCUT2D eigenvalue weighted by atomic mass is 16.5. The standard InChI is InChI=1S/C14H21NO2/c1-4-7-15-11(16)14-8-10-5-6-13(14,3)12(10,2)9-17-14/h4,10H,1,5-9H2,2-3H3,(H,15,16). The lowest BCUT2D eigenvalue weighted by Crippen LogP contribution is -2.55. The second-order valence-corrected chi connectivity index (χ2v) is 6.30. The van der Waals surface area contributed by atoms with Gasteiger partial charge in [0.1, 0.15) is 0 Å². The fourth-order valence-corrected chi connectivity index (χ4v) is 4.57. The molecule has 0 spiro atoms. The molecule has 4 unspecified atom stereocenters. The number of carbonyl (C=O) groups is 1. The van der Waals surface area contributed by atoms with E-state index in [1.165, 1.54) is 6.42 Å². The maximum Gasteiger partial charge on any atom is 0.253 e. The molecule has 3 nitrogen and oxygen atoms in total. The molecule has 94 valence electrons. The normalized spacial score (nSPS) is 50.6. The third-order valence-corrected chi connectivity index (χ3v) is 5.97. The largest absolute Gasteiger partial charge is 0.364 e. The molecule has 3 fully saturated rings. The minimum Gasteiger partial charge on any atom is -0.364 e. The molecule has 0 aromatic rings. The molecule has 17 heavy (non-hydrogen) atoms. The second-order valence-electron chi connectivity index (χ2n) is 6.30. The van der Waals surface area contributed by atoms with Crippen LogP contribution in [0.15, 0.2) is 12.7 Å². The summed E-state index contributed by atoms with van der Waals surface area (Å²) in [5.41, 5.74) is -0.331. The smallest absolute Gasteiger partial charge is 0.253 e. The lowest BCUT2D eigenvalue weighted by Gasteiger charge is -2.39. The average molecular weight is 235 g/mol. The molecular weight excluding hydrogens is 214 g/mol. The van der Waals surface area contributed by atoms with Crippen molar-refractivity contribution in [2.75, 3.05) is 13.2 Å². The fraction of sp³-hybridized carbons (Fsp3) is 0.786. The van der Waals surface area contributed by atoms with E-state index in [0.29, 0.717) is 12.5 Å². The zero-order valence-electron chi connectivity index (χ0n) is 10.7. The van der Waals surface area contributed by atoms with Gasteiger partial charge in [0.2, 0.25) is 0 Å². The van der Waals surface area contributed by atoms with Crippen molar-refractivity contribution in [2.45, 2.75) is 38.7 Å². The number of carbonyl (C=O) groups excluding carboxylic acids is 1. The van der Waals surface area contributed by atoms with Crippen LogP contribution in [0, 0.1) is 16.7 Å². The number of rotatable bonds is 3. The molecule has 3 heteroatoms. The molecular formula is C14H21NO2. The summed E-state index contributed by atoms with van der Waals surface area (Å²) in [6.45, 7) is 9.47. The van der Waals surface area contributed by atoms with E-state index in [1.54, 1.807) is 6.08 Å². The van der Waals surface area contributed by atoms with Crippen molar-refractivity contribution in [3.05, 3.63) is 12.7 Å². The van der Waals surface area contributed by atoms with E-state index in [1.807, 2.05) is 0 Å². The van der Waals surface area contributed by atoms with Gasteiger partial charge in [-0.25, -0.2) is 0 Å². The van der Waals surface area contributed by atoms with Crippen LogP contribution in [-0.2, 0) is 9.53 Å². The summed E-state index contributed by atoms with van der Waals surface area (Å²) in [7, 11) is 0. The molecule has 1 N–H and O–H groups in total. The first-order chi connectivity index (χ1) is 8.00. The number of amides is 1. The molecule has 2 saturated carbocycles. The van der Waals surface area contributed by atoms with Crippen molar-refractivity contribution in [1.29, 1.82) is 0 Å². The summed E-state index contributed by atoms with van der Waals surface area (Å²) in [5.74, 6) is 0.738. The SMILES string of the molecule is C=CCNC(=O)C12CC3CCC1(C)C3(C)CO2. The monoisotopic (exact) mass is 235 g/mol. The van der Waals surface area contributed by atoms with Gasteiger partial charge in [-0.1, -0.05) is 19.9 Å². The second kappa shape index (κ2) is 3.14. The van der Waals surface area contributed by atoms with Crippen LogP contribution in [-0.4, -0.2) is 24.7 Å². The first-order valence-corrected chi connectivity index (χ1v) is 6.53. The van der Waals surface area contributed by atoms with E-state index in [4.69, 9.17) is 4.74 Å². The Hall–Kier alpha value is -0.830. The fourth-order valence-electron chi connectivity index (χ4n) is 4.57. The summed E-state index contributed by atoms with van der Waals surface area (Å²) in [4.78, 5) is 12.4. The van der Waals surface area contributed by atoms with Gasteiger partial charge >= 0.3 is 0 Å². The van der Waals surface area contributed by atoms with Crippen LogP contribution in [0.4, 0.5) is 0 Å². The number of hydrogen-bond acceptors (Lipinski definition) is 2. The lowest BCUT2D eigenvalue weighted by atomic mass is 9.66. The third-order valence-electron chi connectivity index (χ3n) is 5.97. The van der Waals surface area contributed by atoms with Crippen molar-refractivity contribution in [2.24, 2.45) is 16.7 Å². The van der Waals surface area contributed by atoms with Gasteiger partial charge in [-0.2, -0.15) is 0 Å². The van der Waals surface area contributed by atoms with Gasteiger partial charge in [-0.15, -0.1) is 6.58 Å². The molecule has 4 atom stereocenters. The summed E-state index contributed by atoms with van der Waals surface area (Å²) < 4.78 is 5.99. The van der Waals surface area contributed by atoms with Crippen LogP contribution in [0.2, 0.25) is 0 Å². The van der Waals surface area contributed by atoms with E-state index in [2.05, 4.69) is 25.7 Å². The maximum absolute atomic E-state index is 12.4. The predicted octanol–water partition coefficient (Wildman–Crippen LogP) is 1.88. The molecule has 3 aliphatic rings. The highest BCUT2D eigenvalue weighted by molar-refractivity contribution is 5.88. The number of nitrogens with one attached hydrogen (secondary N) is 1. The van der Waals surface area contributed by atoms with Gasteiger partial charge in [0.05, 0.1) is 6.61 Å². The quantitative estimate of drug-likeness (QED) is 0.759. The van der Waals surface area contributed by atoms with Gasteiger partial charge in [-0.05, 0) is 25.2 Å². The lowest BCUT2D eigenvalue weighted by molar-refractivity contribution is -0.155. The molecule has 0 aromatic carbocycles. The summed E-state index contributed by atoms with van der Waals surface area (Å²) in [5, 5.41) is 2.94. The van der Waals surface area contributed by atoms with E-state index >= 15 is 0 Å². The van der Waals surface area contributed by atoms with Crippen LogP contribution >= 0.6 is 0 Å². The molecule has 1 amide bonds. The third kappa shape index (κ3) is 1.00.